The first-order valence-corrected chi connectivity index (χ1v) is 8.65. The Labute approximate surface area is 146 Å². The largest absolute Gasteiger partial charge is 0.337 e. The maximum Gasteiger partial charge on any atom is 0.246 e. The molecule has 2 N–H and O–H groups in total. The Morgan fingerprint density at radius 1 is 1.36 bits per heavy atom. The first kappa shape index (κ1) is 16.2. The number of hydrogen-bond donors (Lipinski definition) is 2. The maximum atomic E-state index is 13.0. The Morgan fingerprint density at radius 3 is 2.84 bits per heavy atom. The second kappa shape index (κ2) is 6.24. The van der Waals surface area contributed by atoms with Crippen molar-refractivity contribution in [3.8, 4) is 11.4 Å². The number of amides is 1. The van der Waals surface area contributed by atoms with E-state index >= 15 is 0 Å². The molecule has 0 unspecified atom stereocenters. The Kier molecular flexibility index (Phi) is 4.05. The number of aryl methyl sites for hydroxylation is 1. The minimum Gasteiger partial charge on any atom is -0.337 e. The van der Waals surface area contributed by atoms with Crippen LogP contribution in [-0.2, 0) is 11.3 Å². The van der Waals surface area contributed by atoms with E-state index in [1.54, 1.807) is 11.9 Å². The molecule has 2 aliphatic rings. The van der Waals surface area contributed by atoms with Crippen LogP contribution in [-0.4, -0.2) is 54.2 Å². The molecule has 0 spiro atoms. The van der Waals surface area contributed by atoms with Crippen molar-refractivity contribution in [2.75, 3.05) is 33.2 Å². The molecule has 0 radical (unpaired) electrons. The van der Waals surface area contributed by atoms with E-state index in [9.17, 15) is 4.79 Å². The van der Waals surface area contributed by atoms with Crippen LogP contribution in [0.2, 0.25) is 0 Å². The number of rotatable bonds is 4. The highest BCUT2D eigenvalue weighted by Gasteiger charge is 2.53. The van der Waals surface area contributed by atoms with Crippen molar-refractivity contribution in [3.63, 3.8) is 0 Å². The van der Waals surface area contributed by atoms with Gasteiger partial charge in [0.25, 0.3) is 0 Å². The highest BCUT2D eigenvalue weighted by atomic mass is 16.5. The van der Waals surface area contributed by atoms with Gasteiger partial charge < -0.3 is 20.1 Å². The van der Waals surface area contributed by atoms with Gasteiger partial charge in [0, 0.05) is 44.7 Å². The van der Waals surface area contributed by atoms with Crippen molar-refractivity contribution in [1.29, 1.82) is 0 Å². The van der Waals surface area contributed by atoms with Crippen LogP contribution >= 0.6 is 0 Å². The van der Waals surface area contributed by atoms with Gasteiger partial charge in [0.1, 0.15) is 0 Å². The van der Waals surface area contributed by atoms with Crippen LogP contribution in [0, 0.1) is 18.3 Å². The summed E-state index contributed by atoms with van der Waals surface area (Å²) in [4.78, 5) is 19.2. The average molecular weight is 341 g/mol. The summed E-state index contributed by atoms with van der Waals surface area (Å²) in [6.45, 7) is 5.60. The first-order chi connectivity index (χ1) is 12.1. The van der Waals surface area contributed by atoms with Crippen LogP contribution in [0.4, 0.5) is 0 Å². The van der Waals surface area contributed by atoms with Gasteiger partial charge in [-0.25, -0.2) is 0 Å². The molecule has 2 fully saturated rings. The summed E-state index contributed by atoms with van der Waals surface area (Å²) in [6, 6.07) is 7.96. The fourth-order valence-corrected chi connectivity index (χ4v) is 3.95. The maximum absolute atomic E-state index is 13.0. The molecule has 1 aromatic heterocycles. The molecule has 1 aromatic carbocycles. The molecule has 132 valence electrons. The summed E-state index contributed by atoms with van der Waals surface area (Å²) >= 11 is 0. The lowest BCUT2D eigenvalue weighted by Gasteiger charge is -2.30. The van der Waals surface area contributed by atoms with E-state index in [1.165, 1.54) is 0 Å². The summed E-state index contributed by atoms with van der Waals surface area (Å²) in [5.41, 5.74) is 1.72. The number of fused-ring (bicyclic) bond motifs is 1. The van der Waals surface area contributed by atoms with Gasteiger partial charge in [0.05, 0.1) is 12.0 Å². The van der Waals surface area contributed by atoms with E-state index in [-0.39, 0.29) is 11.3 Å². The van der Waals surface area contributed by atoms with Crippen LogP contribution in [0.15, 0.2) is 28.8 Å². The van der Waals surface area contributed by atoms with E-state index in [0.717, 1.165) is 37.3 Å². The SMILES string of the molecule is Cc1cccc(-c2noc(CN(C)C(=O)C34CNCC3CNC4)n2)c1. The first-order valence-electron chi connectivity index (χ1n) is 8.65. The highest BCUT2D eigenvalue weighted by molar-refractivity contribution is 5.84. The molecular formula is C18H23N5O2. The molecule has 4 rings (SSSR count). The number of nitrogens with one attached hydrogen (secondary N) is 2. The van der Waals surface area contributed by atoms with Crippen LogP contribution in [0.5, 0.6) is 0 Å². The molecule has 2 aromatic rings. The molecule has 3 heterocycles. The lowest BCUT2D eigenvalue weighted by molar-refractivity contribution is -0.141. The highest BCUT2D eigenvalue weighted by Crippen LogP contribution is 2.36. The van der Waals surface area contributed by atoms with Gasteiger partial charge >= 0.3 is 0 Å². The van der Waals surface area contributed by atoms with Crippen molar-refractivity contribution in [2.45, 2.75) is 13.5 Å². The van der Waals surface area contributed by atoms with Crippen LogP contribution < -0.4 is 10.6 Å². The van der Waals surface area contributed by atoms with Crippen LogP contribution in [0.25, 0.3) is 11.4 Å². The molecule has 0 bridgehead atoms. The number of hydrogen-bond acceptors (Lipinski definition) is 6. The quantitative estimate of drug-likeness (QED) is 0.856. The third kappa shape index (κ3) is 2.83. The third-order valence-electron chi connectivity index (χ3n) is 5.33. The Hall–Kier alpha value is -2.25. The van der Waals surface area contributed by atoms with Crippen LogP contribution in [0.3, 0.4) is 0 Å². The van der Waals surface area contributed by atoms with E-state index in [4.69, 9.17) is 4.52 Å². The van der Waals surface area contributed by atoms with E-state index in [2.05, 4.69) is 20.8 Å². The summed E-state index contributed by atoms with van der Waals surface area (Å²) in [7, 11) is 1.81. The second-order valence-corrected chi connectivity index (χ2v) is 7.16. The van der Waals surface area contributed by atoms with Gasteiger partial charge in [-0.2, -0.15) is 4.98 Å². The second-order valence-electron chi connectivity index (χ2n) is 7.16. The van der Waals surface area contributed by atoms with Crippen LogP contribution in [0.1, 0.15) is 11.5 Å². The monoisotopic (exact) mass is 341 g/mol. The van der Waals surface area contributed by atoms with E-state index in [0.29, 0.717) is 24.2 Å². The smallest absolute Gasteiger partial charge is 0.246 e. The van der Waals surface area contributed by atoms with Crippen molar-refractivity contribution in [2.24, 2.45) is 11.3 Å². The van der Waals surface area contributed by atoms with E-state index in [1.807, 2.05) is 31.2 Å². The van der Waals surface area contributed by atoms with Crippen molar-refractivity contribution < 1.29 is 9.32 Å². The molecule has 7 nitrogen and oxygen atoms in total. The minimum absolute atomic E-state index is 0.141. The summed E-state index contributed by atoms with van der Waals surface area (Å²) in [6.07, 6.45) is 0. The number of benzene rings is 1. The average Bonchev–Trinajstić information content (AvgIpc) is 3.29. The fraction of sp³-hybridized carbons (Fsp3) is 0.500. The summed E-state index contributed by atoms with van der Waals surface area (Å²) < 4.78 is 5.37. The topological polar surface area (TPSA) is 83.3 Å². The zero-order valence-corrected chi connectivity index (χ0v) is 14.6. The van der Waals surface area contributed by atoms with E-state index < -0.39 is 0 Å². The van der Waals surface area contributed by atoms with Gasteiger partial charge in [0.2, 0.25) is 17.6 Å². The van der Waals surface area contributed by atoms with Gasteiger partial charge in [-0.1, -0.05) is 28.9 Å². The molecule has 0 aliphatic carbocycles. The number of nitrogens with zero attached hydrogens (tertiary/aromatic N) is 3. The van der Waals surface area contributed by atoms with Crippen molar-refractivity contribution in [1.82, 2.24) is 25.7 Å². The molecule has 1 amide bonds. The number of aromatic nitrogens is 2. The zero-order chi connectivity index (χ0) is 17.4. The number of carbonyl (C=O) groups is 1. The molecule has 0 atom stereocenters. The molecule has 7 heteroatoms. The lowest BCUT2D eigenvalue weighted by Crippen LogP contribution is -2.47. The Balaban J connectivity index is 1.48. The molecule has 2 saturated heterocycles. The minimum atomic E-state index is -0.339. The van der Waals surface area contributed by atoms with Gasteiger partial charge in [-0.05, 0) is 13.0 Å². The fourth-order valence-electron chi connectivity index (χ4n) is 3.95. The van der Waals surface area contributed by atoms with Gasteiger partial charge in [-0.3, -0.25) is 4.79 Å². The Bertz CT molecular complexity index is 777. The number of carbonyl (C=O) groups excluding carboxylic acids is 1. The summed E-state index contributed by atoms with van der Waals surface area (Å²) in [5.74, 6) is 1.51. The normalized spacial score (nSPS) is 25.1. The lowest BCUT2D eigenvalue weighted by atomic mass is 9.79. The standard InChI is InChI=1S/C18H23N5O2/c1-12-4-3-5-13(6-12)16-21-15(25-22-16)9-23(2)17(24)18-10-19-7-14(18)8-20-11-18/h3-6,14,19-20H,7-11H2,1-2H3. The van der Waals surface area contributed by atoms with Gasteiger partial charge in [0.15, 0.2) is 0 Å². The predicted octanol–water partition coefficient (Wildman–Crippen LogP) is 0.812. The molecule has 2 aliphatic heterocycles. The molecular weight excluding hydrogens is 318 g/mol. The predicted molar refractivity (Wildman–Crippen MR) is 92.6 cm³/mol. The van der Waals surface area contributed by atoms with Gasteiger partial charge in [-0.15, -0.1) is 0 Å². The van der Waals surface area contributed by atoms with Crippen molar-refractivity contribution in [3.05, 3.63) is 35.7 Å². The Morgan fingerprint density at radius 2 is 2.12 bits per heavy atom. The van der Waals surface area contributed by atoms with Crippen molar-refractivity contribution >= 4 is 5.91 Å². The zero-order valence-electron chi connectivity index (χ0n) is 14.6. The molecule has 0 saturated carbocycles. The third-order valence-corrected chi connectivity index (χ3v) is 5.33. The summed E-state index contributed by atoms with van der Waals surface area (Å²) in [5, 5.41) is 10.8. The molecule has 25 heavy (non-hydrogen) atoms.